The summed E-state index contributed by atoms with van der Waals surface area (Å²) in [6.07, 6.45) is 13.0. The molecule has 0 radical (unpaired) electrons. The van der Waals surface area contributed by atoms with E-state index in [1.807, 2.05) is 18.7 Å². The predicted octanol–water partition coefficient (Wildman–Crippen LogP) is 5.10. The molecule has 1 unspecified atom stereocenters. The summed E-state index contributed by atoms with van der Waals surface area (Å²) in [6, 6.07) is 5.81. The standard InChI is InChI=1S/C31H43N3O4.CH2O2/c1-21(2)38-20-24-17-29(23-10-11-23)32-18-27(24)30(31(35)36)34-15-14-26(19-34)37-16-6-5-8-25-13-12-22-7-3-4-9-28(22)33-25;2-1-3/h12-13,17-18,21,23,26,30H,3-11,14-16,19-20H2,1-2H3,(H,35,36);1H,(H,2,3)/t26-,30?;/m1./s1. The second-order valence-corrected chi connectivity index (χ2v) is 11.6. The minimum atomic E-state index is -0.838. The highest BCUT2D eigenvalue weighted by Gasteiger charge is 2.36. The van der Waals surface area contributed by atoms with Crippen LogP contribution in [0.5, 0.6) is 0 Å². The Hall–Kier alpha value is -2.88. The fourth-order valence-corrected chi connectivity index (χ4v) is 5.79. The van der Waals surface area contributed by atoms with Crippen molar-refractivity contribution in [2.45, 2.75) is 109 Å². The first-order valence-electron chi connectivity index (χ1n) is 15.1. The Kier molecular flexibility index (Phi) is 11.7. The number of unbranched alkanes of at least 4 members (excludes halogenated alkanes) is 1. The summed E-state index contributed by atoms with van der Waals surface area (Å²) in [5.74, 6) is -0.326. The highest BCUT2D eigenvalue weighted by Crippen LogP contribution is 2.40. The van der Waals surface area contributed by atoms with Crippen LogP contribution in [0, 0.1) is 0 Å². The molecule has 0 amide bonds. The molecule has 2 N–H and O–H groups in total. The molecule has 41 heavy (non-hydrogen) atoms. The number of aliphatic carboxylic acids is 1. The second kappa shape index (κ2) is 15.4. The van der Waals surface area contributed by atoms with Crippen molar-refractivity contribution in [2.75, 3.05) is 19.7 Å². The summed E-state index contributed by atoms with van der Waals surface area (Å²) in [7, 11) is 0. The van der Waals surface area contributed by atoms with Gasteiger partial charge in [0.25, 0.3) is 6.47 Å². The fourth-order valence-electron chi connectivity index (χ4n) is 5.79. The molecule has 1 saturated heterocycles. The Balaban J connectivity index is 0.00000124. The number of carboxylic acid groups (broad SMARTS) is 2. The number of fused-ring (bicyclic) bond motifs is 1. The molecule has 3 aliphatic rings. The number of nitrogens with zero attached hydrogens (tertiary/aromatic N) is 3. The van der Waals surface area contributed by atoms with E-state index in [1.54, 1.807) is 6.20 Å². The monoisotopic (exact) mass is 567 g/mol. The van der Waals surface area contributed by atoms with Crippen LogP contribution in [0.15, 0.2) is 24.4 Å². The third-order valence-electron chi connectivity index (χ3n) is 8.10. The normalized spacial score (nSPS) is 19.3. The molecule has 2 aromatic rings. The lowest BCUT2D eigenvalue weighted by molar-refractivity contribution is -0.143. The van der Waals surface area contributed by atoms with E-state index >= 15 is 0 Å². The summed E-state index contributed by atoms with van der Waals surface area (Å²) in [4.78, 5) is 32.4. The molecule has 9 nitrogen and oxygen atoms in total. The first-order chi connectivity index (χ1) is 19.9. The van der Waals surface area contributed by atoms with Gasteiger partial charge in [-0.2, -0.15) is 0 Å². The summed E-state index contributed by atoms with van der Waals surface area (Å²) in [5, 5.41) is 17.1. The zero-order valence-corrected chi connectivity index (χ0v) is 24.5. The van der Waals surface area contributed by atoms with Crippen LogP contribution in [-0.2, 0) is 44.9 Å². The minimum absolute atomic E-state index is 0.0628. The molecule has 0 aromatic carbocycles. The fraction of sp³-hybridized carbons (Fsp3) is 0.625. The van der Waals surface area contributed by atoms with E-state index in [4.69, 9.17) is 24.4 Å². The average molecular weight is 568 g/mol. The summed E-state index contributed by atoms with van der Waals surface area (Å²) >= 11 is 0. The summed E-state index contributed by atoms with van der Waals surface area (Å²) in [6.45, 7) is 6.19. The van der Waals surface area contributed by atoms with Gasteiger partial charge in [0.15, 0.2) is 0 Å². The number of aromatic nitrogens is 2. The Morgan fingerprint density at radius 2 is 1.95 bits per heavy atom. The number of likely N-dealkylation sites (tertiary alicyclic amines) is 1. The van der Waals surface area contributed by atoms with Crippen molar-refractivity contribution in [2.24, 2.45) is 0 Å². The van der Waals surface area contributed by atoms with Gasteiger partial charge >= 0.3 is 5.97 Å². The maximum absolute atomic E-state index is 12.5. The van der Waals surface area contributed by atoms with Crippen LogP contribution in [0.2, 0.25) is 0 Å². The highest BCUT2D eigenvalue weighted by atomic mass is 16.5. The van der Waals surface area contributed by atoms with Gasteiger partial charge < -0.3 is 19.7 Å². The Bertz CT molecular complexity index is 1150. The van der Waals surface area contributed by atoms with E-state index in [9.17, 15) is 9.90 Å². The Morgan fingerprint density at radius 1 is 1.17 bits per heavy atom. The molecule has 0 spiro atoms. The van der Waals surface area contributed by atoms with Crippen LogP contribution < -0.4 is 0 Å². The SMILES string of the molecule is CC(C)OCc1cc(C2CC2)ncc1C(C(=O)O)N1CC[C@@H](OCCCCc2ccc3c(n2)CCCC3)C1.O=CO. The molecule has 2 aliphatic carbocycles. The first kappa shape index (κ1) is 31.1. The van der Waals surface area contributed by atoms with E-state index in [2.05, 4.69) is 23.2 Å². The number of hydrogen-bond donors (Lipinski definition) is 2. The number of carboxylic acids is 1. The quantitative estimate of drug-likeness (QED) is 0.251. The van der Waals surface area contributed by atoms with Crippen molar-refractivity contribution < 1.29 is 29.3 Å². The maximum Gasteiger partial charge on any atom is 0.325 e. The van der Waals surface area contributed by atoms with Crippen LogP contribution >= 0.6 is 0 Å². The number of aryl methyl sites for hydroxylation is 3. The van der Waals surface area contributed by atoms with E-state index in [1.165, 1.54) is 36.2 Å². The zero-order valence-electron chi connectivity index (χ0n) is 24.5. The topological polar surface area (TPSA) is 122 Å². The average Bonchev–Trinajstić information content (AvgIpc) is 3.71. The van der Waals surface area contributed by atoms with Crippen LogP contribution in [0.4, 0.5) is 0 Å². The lowest BCUT2D eigenvalue weighted by Crippen LogP contribution is -2.34. The number of pyridine rings is 2. The van der Waals surface area contributed by atoms with Gasteiger partial charge in [-0.3, -0.25) is 24.5 Å². The van der Waals surface area contributed by atoms with E-state index in [0.29, 0.717) is 32.2 Å². The summed E-state index contributed by atoms with van der Waals surface area (Å²) < 4.78 is 12.1. The van der Waals surface area contributed by atoms with Crippen molar-refractivity contribution in [1.82, 2.24) is 14.9 Å². The zero-order chi connectivity index (χ0) is 29.2. The van der Waals surface area contributed by atoms with Crippen LogP contribution in [0.3, 0.4) is 0 Å². The van der Waals surface area contributed by atoms with E-state index in [-0.39, 0.29) is 18.7 Å². The third-order valence-corrected chi connectivity index (χ3v) is 8.10. The molecular weight excluding hydrogens is 522 g/mol. The van der Waals surface area contributed by atoms with Crippen LogP contribution in [-0.4, -0.2) is 69.4 Å². The van der Waals surface area contributed by atoms with Crippen molar-refractivity contribution in [1.29, 1.82) is 0 Å². The Labute approximate surface area is 243 Å². The molecule has 2 fully saturated rings. The summed E-state index contributed by atoms with van der Waals surface area (Å²) in [5.41, 5.74) is 6.70. The molecule has 5 rings (SSSR count). The van der Waals surface area contributed by atoms with Gasteiger partial charge in [0.2, 0.25) is 0 Å². The third kappa shape index (κ3) is 9.05. The number of hydrogen-bond acceptors (Lipinski definition) is 7. The Morgan fingerprint density at radius 3 is 2.68 bits per heavy atom. The molecule has 1 saturated carbocycles. The highest BCUT2D eigenvalue weighted by molar-refractivity contribution is 5.76. The predicted molar refractivity (Wildman–Crippen MR) is 155 cm³/mol. The molecule has 1 aliphatic heterocycles. The molecule has 3 heterocycles. The lowest BCUT2D eigenvalue weighted by Gasteiger charge is -2.26. The van der Waals surface area contributed by atoms with Crippen molar-refractivity contribution >= 4 is 12.4 Å². The van der Waals surface area contributed by atoms with Gasteiger partial charge in [0.05, 0.1) is 18.8 Å². The molecule has 0 bridgehead atoms. The van der Waals surface area contributed by atoms with Crippen LogP contribution in [0.25, 0.3) is 0 Å². The van der Waals surface area contributed by atoms with Crippen molar-refractivity contribution in [3.05, 3.63) is 58.2 Å². The van der Waals surface area contributed by atoms with Gasteiger partial charge in [-0.15, -0.1) is 0 Å². The molecule has 2 atom stereocenters. The number of carbonyl (C=O) groups is 2. The van der Waals surface area contributed by atoms with E-state index < -0.39 is 12.0 Å². The van der Waals surface area contributed by atoms with Gasteiger partial charge in [-0.05, 0) is 101 Å². The van der Waals surface area contributed by atoms with Gasteiger partial charge in [-0.25, -0.2) is 0 Å². The van der Waals surface area contributed by atoms with Gasteiger partial charge in [-0.1, -0.05) is 6.07 Å². The van der Waals surface area contributed by atoms with E-state index in [0.717, 1.165) is 61.8 Å². The number of ether oxygens (including phenoxy) is 2. The van der Waals surface area contributed by atoms with Gasteiger partial charge in [0.1, 0.15) is 6.04 Å². The number of rotatable bonds is 13. The molecule has 224 valence electrons. The molecule has 9 heteroatoms. The van der Waals surface area contributed by atoms with Crippen LogP contribution in [0.1, 0.15) is 105 Å². The first-order valence-corrected chi connectivity index (χ1v) is 15.1. The maximum atomic E-state index is 12.5. The van der Waals surface area contributed by atoms with Crippen molar-refractivity contribution in [3.8, 4) is 0 Å². The molecule has 2 aromatic heterocycles. The molecular formula is C32H45N3O6. The lowest BCUT2D eigenvalue weighted by atomic mass is 9.95. The smallest absolute Gasteiger partial charge is 0.325 e. The minimum Gasteiger partial charge on any atom is -0.483 e. The van der Waals surface area contributed by atoms with Gasteiger partial charge in [0, 0.05) is 54.5 Å². The largest absolute Gasteiger partial charge is 0.483 e. The van der Waals surface area contributed by atoms with Crippen molar-refractivity contribution in [3.63, 3.8) is 0 Å². The second-order valence-electron chi connectivity index (χ2n) is 11.6.